The second-order valence-corrected chi connectivity index (χ2v) is 1.34. The van der Waals surface area contributed by atoms with Gasteiger partial charge in [0.15, 0.2) is 0 Å². The summed E-state index contributed by atoms with van der Waals surface area (Å²) >= 11 is 0. The van der Waals surface area contributed by atoms with Gasteiger partial charge < -0.3 is 9.52 Å². The predicted molar refractivity (Wildman–Crippen MR) is 43.8 cm³/mol. The minimum absolute atomic E-state index is 0. The Morgan fingerprint density at radius 3 is 1.91 bits per heavy atom. The minimum atomic E-state index is -0.981. The van der Waals surface area contributed by atoms with Crippen LogP contribution >= 0.6 is 12.4 Å². The first kappa shape index (κ1) is 12.5. The van der Waals surface area contributed by atoms with E-state index in [0.717, 1.165) is 6.08 Å². The van der Waals surface area contributed by atoms with Crippen LogP contribution in [0.2, 0.25) is 0 Å². The Balaban J connectivity index is 0. The van der Waals surface area contributed by atoms with Gasteiger partial charge in [0.1, 0.15) is 0 Å². The maximum absolute atomic E-state index is 9.25. The molecule has 0 radical (unpaired) electrons. The van der Waals surface area contributed by atoms with E-state index >= 15 is 0 Å². The lowest BCUT2D eigenvalue weighted by molar-refractivity contribution is -0.131. The van der Waals surface area contributed by atoms with E-state index in [2.05, 4.69) is 11.0 Å². The van der Waals surface area contributed by atoms with Crippen molar-refractivity contribution in [2.75, 3.05) is 0 Å². The Morgan fingerprint density at radius 2 is 1.82 bits per heavy atom. The van der Waals surface area contributed by atoms with Gasteiger partial charge in [0.05, 0.1) is 12.5 Å². The zero-order valence-corrected chi connectivity index (χ0v) is 6.58. The molecule has 0 aliphatic rings. The molecule has 0 aliphatic heterocycles. The molecular formula is C7H9ClO3. The molecule has 1 heterocycles. The van der Waals surface area contributed by atoms with Crippen LogP contribution in [0.5, 0.6) is 0 Å². The molecule has 0 spiro atoms. The molecule has 3 nitrogen and oxygen atoms in total. The molecule has 0 saturated carbocycles. The topological polar surface area (TPSA) is 50.4 Å². The summed E-state index contributed by atoms with van der Waals surface area (Å²) in [7, 11) is 0. The number of hydrogen-bond acceptors (Lipinski definition) is 2. The zero-order valence-electron chi connectivity index (χ0n) is 5.77. The third-order valence-electron chi connectivity index (χ3n) is 0.600. The third-order valence-corrected chi connectivity index (χ3v) is 0.600. The summed E-state index contributed by atoms with van der Waals surface area (Å²) in [6.07, 6.45) is 4.08. The van der Waals surface area contributed by atoms with Gasteiger partial charge in [-0.1, -0.05) is 6.58 Å². The summed E-state index contributed by atoms with van der Waals surface area (Å²) in [4.78, 5) is 9.25. The van der Waals surface area contributed by atoms with Crippen LogP contribution in [0.25, 0.3) is 0 Å². The number of carboxylic acid groups (broad SMARTS) is 1. The molecule has 1 rings (SSSR count). The fourth-order valence-electron chi connectivity index (χ4n) is 0.227. The lowest BCUT2D eigenvalue weighted by Gasteiger charge is -1.64. The lowest BCUT2D eigenvalue weighted by atomic mass is 10.7. The van der Waals surface area contributed by atoms with Gasteiger partial charge in [0.25, 0.3) is 0 Å². The van der Waals surface area contributed by atoms with Crippen LogP contribution in [0.3, 0.4) is 0 Å². The van der Waals surface area contributed by atoms with E-state index in [1.165, 1.54) is 0 Å². The molecular weight excluding hydrogens is 168 g/mol. The number of rotatable bonds is 1. The lowest BCUT2D eigenvalue weighted by Crippen LogP contribution is -1.82. The monoisotopic (exact) mass is 176 g/mol. The van der Waals surface area contributed by atoms with Gasteiger partial charge >= 0.3 is 5.97 Å². The molecule has 0 amide bonds. The first-order valence-corrected chi connectivity index (χ1v) is 2.60. The molecule has 1 aromatic rings. The minimum Gasteiger partial charge on any atom is -0.478 e. The van der Waals surface area contributed by atoms with E-state index in [1.807, 2.05) is 12.1 Å². The van der Waals surface area contributed by atoms with E-state index in [1.54, 1.807) is 12.5 Å². The first-order chi connectivity index (χ1) is 4.77. The number of carboxylic acids is 1. The smallest absolute Gasteiger partial charge is 0.327 e. The predicted octanol–water partition coefficient (Wildman–Crippen LogP) is 1.96. The van der Waals surface area contributed by atoms with Crippen molar-refractivity contribution >= 4 is 18.4 Å². The van der Waals surface area contributed by atoms with Crippen LogP contribution in [-0.2, 0) is 4.79 Å². The SMILES string of the molecule is C=CC(=O)O.Cl.c1ccoc1. The van der Waals surface area contributed by atoms with Crippen LogP contribution in [0, 0.1) is 0 Å². The second kappa shape index (κ2) is 8.78. The van der Waals surface area contributed by atoms with Crippen LogP contribution in [0.1, 0.15) is 0 Å². The van der Waals surface area contributed by atoms with Crippen molar-refractivity contribution in [3.05, 3.63) is 37.3 Å². The van der Waals surface area contributed by atoms with Gasteiger partial charge in [0, 0.05) is 6.08 Å². The van der Waals surface area contributed by atoms with Gasteiger partial charge in [-0.3, -0.25) is 0 Å². The fraction of sp³-hybridized carbons (Fsp3) is 0. The average Bonchev–Trinajstić information content (AvgIpc) is 2.43. The molecule has 0 bridgehead atoms. The molecule has 0 aromatic carbocycles. The van der Waals surface area contributed by atoms with Crippen LogP contribution in [0.4, 0.5) is 0 Å². The Morgan fingerprint density at radius 1 is 1.45 bits per heavy atom. The second-order valence-electron chi connectivity index (χ2n) is 1.34. The highest BCUT2D eigenvalue weighted by molar-refractivity contribution is 5.85. The molecule has 0 unspecified atom stereocenters. The van der Waals surface area contributed by atoms with Gasteiger partial charge in [0.2, 0.25) is 0 Å². The number of aliphatic carboxylic acids is 1. The van der Waals surface area contributed by atoms with Gasteiger partial charge in [-0.25, -0.2) is 4.79 Å². The molecule has 0 atom stereocenters. The quantitative estimate of drug-likeness (QED) is 0.666. The van der Waals surface area contributed by atoms with E-state index in [0.29, 0.717) is 0 Å². The molecule has 0 aliphatic carbocycles. The summed E-state index contributed by atoms with van der Waals surface area (Å²) in [5, 5.41) is 7.60. The molecule has 1 aromatic heterocycles. The van der Waals surface area contributed by atoms with Crippen LogP contribution < -0.4 is 0 Å². The van der Waals surface area contributed by atoms with Crippen molar-refractivity contribution in [1.29, 1.82) is 0 Å². The number of furan rings is 1. The average molecular weight is 177 g/mol. The summed E-state index contributed by atoms with van der Waals surface area (Å²) in [5.41, 5.74) is 0. The molecule has 11 heavy (non-hydrogen) atoms. The number of hydrogen-bond donors (Lipinski definition) is 1. The van der Waals surface area contributed by atoms with E-state index in [9.17, 15) is 4.79 Å². The van der Waals surface area contributed by atoms with Crippen molar-refractivity contribution in [3.63, 3.8) is 0 Å². The molecule has 4 heteroatoms. The van der Waals surface area contributed by atoms with Crippen LogP contribution in [-0.4, -0.2) is 11.1 Å². The van der Waals surface area contributed by atoms with Crippen molar-refractivity contribution in [1.82, 2.24) is 0 Å². The van der Waals surface area contributed by atoms with Crippen LogP contribution in [0.15, 0.2) is 41.7 Å². The Kier molecular flexibility index (Phi) is 9.94. The maximum Gasteiger partial charge on any atom is 0.327 e. The normalized spacial score (nSPS) is 6.55. The van der Waals surface area contributed by atoms with Crippen molar-refractivity contribution in [3.8, 4) is 0 Å². The largest absolute Gasteiger partial charge is 0.478 e. The highest BCUT2D eigenvalue weighted by Crippen LogP contribution is 1.79. The number of halogens is 1. The fourth-order valence-corrected chi connectivity index (χ4v) is 0.227. The van der Waals surface area contributed by atoms with E-state index in [-0.39, 0.29) is 12.4 Å². The highest BCUT2D eigenvalue weighted by Gasteiger charge is 1.73. The molecule has 0 saturated heterocycles. The van der Waals surface area contributed by atoms with E-state index in [4.69, 9.17) is 5.11 Å². The maximum atomic E-state index is 9.25. The van der Waals surface area contributed by atoms with Crippen molar-refractivity contribution in [2.45, 2.75) is 0 Å². The summed E-state index contributed by atoms with van der Waals surface area (Å²) in [6.45, 7) is 2.96. The van der Waals surface area contributed by atoms with Crippen molar-refractivity contribution < 1.29 is 14.3 Å². The molecule has 0 fully saturated rings. The Labute approximate surface area is 70.7 Å². The van der Waals surface area contributed by atoms with E-state index < -0.39 is 5.97 Å². The van der Waals surface area contributed by atoms with Gasteiger partial charge in [-0.2, -0.15) is 0 Å². The Hall–Kier alpha value is -1.22. The zero-order chi connectivity index (χ0) is 7.82. The summed E-state index contributed by atoms with van der Waals surface area (Å²) in [6, 6.07) is 3.67. The number of carbonyl (C=O) groups is 1. The van der Waals surface area contributed by atoms with Gasteiger partial charge in [-0.05, 0) is 12.1 Å². The molecule has 1 N–H and O–H groups in total. The summed E-state index contributed by atoms with van der Waals surface area (Å²) < 4.78 is 4.58. The highest BCUT2D eigenvalue weighted by atomic mass is 35.5. The van der Waals surface area contributed by atoms with Gasteiger partial charge in [-0.15, -0.1) is 12.4 Å². The Bertz CT molecular complexity index is 164. The summed E-state index contributed by atoms with van der Waals surface area (Å²) in [5.74, 6) is -0.981. The standard InChI is InChI=1S/C4H4O.C3H4O2.ClH/c1-2-4-5-3-1;1-2-3(4)5;/h1-4H;2H,1H2,(H,4,5);1H. The third kappa shape index (κ3) is 12.1. The molecule has 62 valence electrons. The van der Waals surface area contributed by atoms with Crippen molar-refractivity contribution in [2.24, 2.45) is 0 Å². The first-order valence-electron chi connectivity index (χ1n) is 2.60.